The van der Waals surface area contributed by atoms with Crippen molar-refractivity contribution in [1.82, 2.24) is 4.90 Å². The van der Waals surface area contributed by atoms with Gasteiger partial charge in [0.1, 0.15) is 12.7 Å². The van der Waals surface area contributed by atoms with Gasteiger partial charge in [-0.2, -0.15) is 0 Å². The molecular weight excluding hydrogens is 554 g/mol. The number of ether oxygens (including phenoxy) is 5. The summed E-state index contributed by atoms with van der Waals surface area (Å²) >= 11 is 0. The number of benzene rings is 2. The molecule has 0 radical (unpaired) electrons. The van der Waals surface area contributed by atoms with Gasteiger partial charge in [-0.15, -0.1) is 0 Å². The van der Waals surface area contributed by atoms with Crippen LogP contribution in [0.25, 0.3) is 0 Å². The molecule has 1 heterocycles. The second kappa shape index (κ2) is 14.6. The molecule has 0 spiro atoms. The average molecular weight is 586 g/mol. The fourth-order valence-corrected chi connectivity index (χ4v) is 4.15. The molecule has 1 fully saturated rings. The van der Waals surface area contributed by atoms with Gasteiger partial charge in [-0.25, -0.2) is 14.5 Å². The zero-order valence-electron chi connectivity index (χ0n) is 23.3. The predicted octanol–water partition coefficient (Wildman–Crippen LogP) is 2.84. The Morgan fingerprint density at radius 3 is 1.50 bits per heavy atom. The zero-order chi connectivity index (χ0) is 30.8. The molecule has 1 aliphatic heterocycles. The van der Waals surface area contributed by atoms with E-state index in [1.807, 2.05) is 0 Å². The Morgan fingerprint density at radius 1 is 0.643 bits per heavy atom. The second-order valence-corrected chi connectivity index (χ2v) is 9.05. The molecule has 14 heteroatoms. The Morgan fingerprint density at radius 2 is 1.07 bits per heavy atom. The number of carbonyl (C=O) groups excluding carboxylic acids is 6. The first-order valence-corrected chi connectivity index (χ1v) is 12.8. The summed E-state index contributed by atoms with van der Waals surface area (Å²) in [4.78, 5) is 76.1. The van der Waals surface area contributed by atoms with E-state index in [1.165, 1.54) is 0 Å². The number of hydrogen-bond acceptors (Lipinski definition) is 11. The molecule has 5 atom stereocenters. The monoisotopic (exact) mass is 585 g/mol. The summed E-state index contributed by atoms with van der Waals surface area (Å²) in [6.07, 6.45) is -7.91. The molecule has 1 aliphatic rings. The lowest BCUT2D eigenvalue weighted by atomic mass is 9.96. The number of esters is 4. The minimum absolute atomic E-state index is 0.311. The summed E-state index contributed by atoms with van der Waals surface area (Å²) in [5.74, 6) is -3.30. The lowest BCUT2D eigenvalue weighted by molar-refractivity contribution is -0.267. The number of hydrogen-bond donors (Lipinski definition) is 2. The van der Waals surface area contributed by atoms with Crippen molar-refractivity contribution < 1.29 is 52.5 Å². The van der Waals surface area contributed by atoms with Crippen LogP contribution in [0.15, 0.2) is 60.7 Å². The van der Waals surface area contributed by atoms with Crippen LogP contribution in [0.3, 0.4) is 0 Å². The van der Waals surface area contributed by atoms with Crippen LogP contribution >= 0.6 is 0 Å². The fraction of sp³-hybridized carbons (Fsp3) is 0.357. The van der Waals surface area contributed by atoms with Crippen molar-refractivity contribution in [2.24, 2.45) is 0 Å². The van der Waals surface area contributed by atoms with Crippen molar-refractivity contribution in [3.05, 3.63) is 60.7 Å². The van der Waals surface area contributed by atoms with Crippen LogP contribution in [0, 0.1) is 0 Å². The van der Waals surface area contributed by atoms with E-state index >= 15 is 0 Å². The molecule has 2 aromatic rings. The summed E-state index contributed by atoms with van der Waals surface area (Å²) < 4.78 is 27.3. The van der Waals surface area contributed by atoms with Gasteiger partial charge in [-0.3, -0.25) is 19.2 Å². The van der Waals surface area contributed by atoms with Gasteiger partial charge in [0.05, 0.1) is 0 Å². The normalized spacial score (nSPS) is 21.2. The third-order valence-corrected chi connectivity index (χ3v) is 5.71. The lowest BCUT2D eigenvalue weighted by Gasteiger charge is -2.46. The van der Waals surface area contributed by atoms with Gasteiger partial charge in [0.25, 0.3) is 0 Å². The van der Waals surface area contributed by atoms with Crippen molar-refractivity contribution in [1.29, 1.82) is 0 Å². The Balaban J connectivity index is 2.13. The summed E-state index contributed by atoms with van der Waals surface area (Å²) in [5.41, 5.74) is 0.622. The Labute approximate surface area is 241 Å². The molecule has 0 bridgehead atoms. The largest absolute Gasteiger partial charge is 0.463 e. The van der Waals surface area contributed by atoms with Gasteiger partial charge in [0.2, 0.25) is 0 Å². The molecule has 3 rings (SSSR count). The van der Waals surface area contributed by atoms with Crippen molar-refractivity contribution >= 4 is 47.3 Å². The van der Waals surface area contributed by atoms with Crippen LogP contribution in [0.4, 0.5) is 21.0 Å². The zero-order valence-corrected chi connectivity index (χ0v) is 23.3. The van der Waals surface area contributed by atoms with E-state index in [1.54, 1.807) is 60.7 Å². The summed E-state index contributed by atoms with van der Waals surface area (Å²) in [7, 11) is 0. The van der Waals surface area contributed by atoms with Gasteiger partial charge in [0.15, 0.2) is 24.5 Å². The van der Waals surface area contributed by atoms with Crippen molar-refractivity contribution in [2.75, 3.05) is 17.2 Å². The molecule has 14 nitrogen and oxygen atoms in total. The number of imide groups is 1. The number of nitrogens with one attached hydrogen (secondary N) is 2. The number of nitrogens with zero attached hydrogens (tertiary/aromatic N) is 1. The van der Waals surface area contributed by atoms with Crippen LogP contribution in [0.1, 0.15) is 27.7 Å². The van der Waals surface area contributed by atoms with Crippen LogP contribution in [-0.2, 0) is 42.9 Å². The third-order valence-electron chi connectivity index (χ3n) is 5.71. The number of amides is 4. The first-order valence-electron chi connectivity index (χ1n) is 12.8. The maximum absolute atomic E-state index is 13.7. The highest BCUT2D eigenvalue weighted by Gasteiger charge is 2.56. The van der Waals surface area contributed by atoms with Crippen LogP contribution in [-0.4, -0.2) is 78.1 Å². The maximum Gasteiger partial charge on any atom is 0.332 e. The van der Waals surface area contributed by atoms with E-state index in [4.69, 9.17) is 23.7 Å². The summed E-state index contributed by atoms with van der Waals surface area (Å²) in [6.45, 7) is 3.77. The van der Waals surface area contributed by atoms with E-state index in [2.05, 4.69) is 10.6 Å². The Bertz CT molecular complexity index is 1240. The van der Waals surface area contributed by atoms with Crippen molar-refractivity contribution in [3.8, 4) is 0 Å². The second-order valence-electron chi connectivity index (χ2n) is 9.05. The highest BCUT2D eigenvalue weighted by atomic mass is 16.7. The van der Waals surface area contributed by atoms with E-state index in [0.29, 0.717) is 16.3 Å². The topological polar surface area (TPSA) is 176 Å². The molecule has 1 saturated heterocycles. The first kappa shape index (κ1) is 31.5. The van der Waals surface area contributed by atoms with Gasteiger partial charge in [-0.1, -0.05) is 36.4 Å². The smallest absolute Gasteiger partial charge is 0.332 e. The van der Waals surface area contributed by atoms with Crippen LogP contribution in [0.2, 0.25) is 0 Å². The molecule has 0 unspecified atom stereocenters. The third kappa shape index (κ3) is 8.76. The van der Waals surface area contributed by atoms with E-state index in [-0.39, 0.29) is 0 Å². The van der Waals surface area contributed by atoms with E-state index in [9.17, 15) is 28.8 Å². The maximum atomic E-state index is 13.7. The lowest BCUT2D eigenvalue weighted by Crippen LogP contribution is -2.68. The Hall–Kier alpha value is -4.98. The molecule has 0 aliphatic carbocycles. The van der Waals surface area contributed by atoms with Gasteiger partial charge in [-0.05, 0) is 24.3 Å². The van der Waals surface area contributed by atoms with E-state index < -0.39 is 73.2 Å². The van der Waals surface area contributed by atoms with Crippen molar-refractivity contribution in [3.63, 3.8) is 0 Å². The molecule has 42 heavy (non-hydrogen) atoms. The van der Waals surface area contributed by atoms with Gasteiger partial charge >= 0.3 is 35.9 Å². The highest BCUT2D eigenvalue weighted by Crippen LogP contribution is 2.32. The minimum atomic E-state index is -1.78. The molecule has 4 amide bonds. The average Bonchev–Trinajstić information content (AvgIpc) is 2.91. The molecule has 0 aromatic heterocycles. The van der Waals surface area contributed by atoms with E-state index in [0.717, 1.165) is 27.7 Å². The quantitative estimate of drug-likeness (QED) is 0.344. The SMILES string of the molecule is CC(=O)OC[C@H]1O[C@@H](N(C(=O)Nc2ccccc2)C(=O)Nc2ccccc2)[C@H](OC(C)=O)[C@@H](OC(C)=O)[C@@H]1OC(C)=O. The van der Waals surface area contributed by atoms with Crippen LogP contribution in [0.5, 0.6) is 0 Å². The molecular formula is C28H31N3O11. The van der Waals surface area contributed by atoms with Gasteiger partial charge < -0.3 is 34.3 Å². The fourth-order valence-electron chi connectivity index (χ4n) is 4.15. The minimum Gasteiger partial charge on any atom is -0.463 e. The predicted molar refractivity (Wildman–Crippen MR) is 145 cm³/mol. The first-order chi connectivity index (χ1) is 20.0. The summed E-state index contributed by atoms with van der Waals surface area (Å²) in [6, 6.07) is 14.3. The number of para-hydroxylation sites is 2. The number of urea groups is 2. The highest BCUT2D eigenvalue weighted by molar-refractivity contribution is 6.05. The standard InChI is InChI=1S/C28H31N3O11/c1-16(32)38-15-22-23(39-17(2)33)24(40-18(3)34)25(41-19(4)35)26(42-22)31(27(36)29-20-11-7-5-8-12-20)28(37)30-21-13-9-6-10-14-21/h5-14,22-26H,15H2,1-4H3,(H,29,36)(H,30,37)/t22-,23-,24+,25-,26-/m1/s1. The molecule has 2 N–H and O–H groups in total. The summed E-state index contributed by atoms with van der Waals surface area (Å²) in [5, 5.41) is 5.14. The Kier molecular flexibility index (Phi) is 11.0. The van der Waals surface area contributed by atoms with Crippen molar-refractivity contribution in [2.45, 2.75) is 58.3 Å². The number of carbonyl (C=O) groups is 6. The number of anilines is 2. The van der Waals surface area contributed by atoms with Crippen LogP contribution < -0.4 is 10.6 Å². The molecule has 2 aromatic carbocycles. The molecule has 224 valence electrons. The number of rotatable bonds is 8. The molecule has 0 saturated carbocycles. The van der Waals surface area contributed by atoms with Gasteiger partial charge in [0, 0.05) is 39.1 Å².